The Balaban J connectivity index is 0.823. The van der Waals surface area contributed by atoms with Gasteiger partial charge >= 0.3 is 0 Å². The number of aryl methyl sites for hydroxylation is 1. The third kappa shape index (κ3) is 15.3. The number of hydrogen-bond donors (Lipinski definition) is 5. The maximum atomic E-state index is 12.9. The number of phenols is 1. The minimum absolute atomic E-state index is 0.0368. The van der Waals surface area contributed by atoms with Crippen LogP contribution in [0, 0.1) is 12.3 Å². The van der Waals surface area contributed by atoms with Crippen LogP contribution in [-0.2, 0) is 36.5 Å². The number of carbonyl (C=O) groups excluding carboxylic acids is 3. The number of nitrogens with zero attached hydrogens (tertiary/aromatic N) is 4. The number of rotatable bonds is 28. The highest BCUT2D eigenvalue weighted by Crippen LogP contribution is 2.37. The number of hydrogen-bond acceptors (Lipinski definition) is 14. The van der Waals surface area contributed by atoms with E-state index in [0.717, 1.165) is 23.4 Å². The molecule has 1 aromatic heterocycles. The van der Waals surface area contributed by atoms with Gasteiger partial charge in [0, 0.05) is 44.0 Å². The van der Waals surface area contributed by atoms with E-state index in [1.807, 2.05) is 23.7 Å². The first-order chi connectivity index (χ1) is 30.5. The Labute approximate surface area is 368 Å². The molecule has 0 unspecified atom stereocenters. The van der Waals surface area contributed by atoms with Gasteiger partial charge < -0.3 is 50.9 Å². The zero-order valence-electron chi connectivity index (χ0n) is 36.7. The van der Waals surface area contributed by atoms with Gasteiger partial charge in [0.1, 0.15) is 11.4 Å². The smallest absolute Gasteiger partial charge is 0.251 e. The van der Waals surface area contributed by atoms with E-state index in [2.05, 4.69) is 34.7 Å². The van der Waals surface area contributed by atoms with Gasteiger partial charge in [-0.15, -0.1) is 5.11 Å². The van der Waals surface area contributed by atoms with Gasteiger partial charge in [-0.25, -0.2) is 4.68 Å². The minimum atomic E-state index is -0.532. The van der Waals surface area contributed by atoms with Gasteiger partial charge in [0.2, 0.25) is 0 Å². The summed E-state index contributed by atoms with van der Waals surface area (Å²) in [6.07, 6.45) is 3.24. The lowest BCUT2D eigenvalue weighted by atomic mass is 9.75. The van der Waals surface area contributed by atoms with Crippen LogP contribution in [0.1, 0.15) is 81.1 Å². The fourth-order valence-corrected chi connectivity index (χ4v) is 7.00. The zero-order chi connectivity index (χ0) is 45.0. The predicted molar refractivity (Wildman–Crippen MR) is 239 cm³/mol. The summed E-state index contributed by atoms with van der Waals surface area (Å²) in [5, 5.41) is 29.3. The number of primary amides is 1. The third-order valence-corrected chi connectivity index (χ3v) is 10.1. The lowest BCUT2D eigenvalue weighted by molar-refractivity contribution is -0.0111. The number of benzene rings is 3. The third-order valence-electron chi connectivity index (χ3n) is 10.1. The molecule has 0 fully saturated rings. The van der Waals surface area contributed by atoms with E-state index in [9.17, 15) is 19.5 Å². The molecule has 0 spiro atoms. The monoisotopic (exact) mass is 870 g/mol. The molecule has 1 aliphatic carbocycles. The fraction of sp³-hybridized carbons (Fsp3) is 0.478. The van der Waals surface area contributed by atoms with Gasteiger partial charge in [-0.2, -0.15) is 10.2 Å². The number of anilines is 1. The molecule has 7 N–H and O–H groups in total. The van der Waals surface area contributed by atoms with E-state index in [0.29, 0.717) is 151 Å². The summed E-state index contributed by atoms with van der Waals surface area (Å²) in [6.45, 7) is 12.1. The van der Waals surface area contributed by atoms with Gasteiger partial charge in [-0.3, -0.25) is 14.4 Å². The van der Waals surface area contributed by atoms with Gasteiger partial charge in [0.05, 0.1) is 86.7 Å². The number of phenolic OH excluding ortho intramolecular Hbond substituents is 1. The molecule has 5 rings (SSSR count). The van der Waals surface area contributed by atoms with Crippen LogP contribution >= 0.6 is 0 Å². The number of carbonyl (C=O) groups is 3. The van der Waals surface area contributed by atoms with Gasteiger partial charge in [-0.05, 0) is 105 Å². The van der Waals surface area contributed by atoms with Crippen molar-refractivity contribution in [2.75, 3.05) is 91.0 Å². The number of ketones is 1. The molecule has 0 saturated carbocycles. The number of nitrogens with two attached hydrogens (primary N) is 2. The second-order valence-corrected chi connectivity index (χ2v) is 15.9. The molecule has 2 amide bonds. The van der Waals surface area contributed by atoms with Crippen molar-refractivity contribution in [1.29, 1.82) is 0 Å². The first-order valence-corrected chi connectivity index (χ1v) is 21.5. The molecule has 17 nitrogen and oxygen atoms in total. The van der Waals surface area contributed by atoms with Crippen LogP contribution in [0.25, 0.3) is 5.69 Å². The van der Waals surface area contributed by atoms with Crippen LogP contribution in [0.15, 0.2) is 70.9 Å². The van der Waals surface area contributed by atoms with Crippen molar-refractivity contribution in [3.63, 3.8) is 0 Å². The average molecular weight is 871 g/mol. The Morgan fingerprint density at radius 2 is 1.43 bits per heavy atom. The Morgan fingerprint density at radius 1 is 0.810 bits per heavy atom. The van der Waals surface area contributed by atoms with Crippen LogP contribution in [-0.4, -0.2) is 118 Å². The van der Waals surface area contributed by atoms with Crippen molar-refractivity contribution < 1.29 is 43.2 Å². The second-order valence-electron chi connectivity index (χ2n) is 15.9. The SMILES string of the molecule is Cc1nn(-c2ccc(C(N)=O)c(NCCCOCCOCCOCCOCCOCCCNC(=O)c3ccc(N=Nc4ccc(CCN)cc4O)cc3)c2)c2c1C(=O)CC(C)(C)C2. The Hall–Kier alpha value is -5.56. The van der Waals surface area contributed by atoms with Crippen LogP contribution in [0.4, 0.5) is 17.1 Å². The van der Waals surface area contributed by atoms with Crippen LogP contribution in [0.3, 0.4) is 0 Å². The normalized spacial score (nSPS) is 13.4. The number of aromatic hydroxyl groups is 1. The molecule has 4 aromatic rings. The number of aromatic nitrogens is 2. The van der Waals surface area contributed by atoms with Gasteiger partial charge in [-0.1, -0.05) is 19.9 Å². The van der Waals surface area contributed by atoms with Gasteiger partial charge in [0.15, 0.2) is 5.78 Å². The number of ether oxygens (including phenoxy) is 5. The molecular formula is C46H62N8O9. The highest BCUT2D eigenvalue weighted by atomic mass is 16.6. The summed E-state index contributed by atoms with van der Waals surface area (Å²) >= 11 is 0. The molecule has 0 aliphatic heterocycles. The molecule has 340 valence electrons. The topological polar surface area (TPSA) is 236 Å². The Morgan fingerprint density at radius 3 is 2.03 bits per heavy atom. The molecule has 0 bridgehead atoms. The zero-order valence-corrected chi connectivity index (χ0v) is 36.7. The summed E-state index contributed by atoms with van der Waals surface area (Å²) in [7, 11) is 0. The highest BCUT2D eigenvalue weighted by Gasteiger charge is 2.35. The number of amides is 2. The molecular weight excluding hydrogens is 809 g/mol. The van der Waals surface area contributed by atoms with Crippen molar-refractivity contribution in [2.45, 2.75) is 52.9 Å². The summed E-state index contributed by atoms with van der Waals surface area (Å²) in [4.78, 5) is 37.6. The van der Waals surface area contributed by atoms with E-state index < -0.39 is 5.91 Å². The Bertz CT molecular complexity index is 2140. The molecule has 0 atom stereocenters. The van der Waals surface area contributed by atoms with Crippen molar-refractivity contribution in [3.05, 3.63) is 94.3 Å². The lowest BCUT2D eigenvalue weighted by Gasteiger charge is -2.29. The maximum absolute atomic E-state index is 12.9. The number of fused-ring (bicyclic) bond motifs is 1. The summed E-state index contributed by atoms with van der Waals surface area (Å²) < 4.78 is 29.8. The molecule has 0 radical (unpaired) electrons. The molecule has 1 aliphatic rings. The summed E-state index contributed by atoms with van der Waals surface area (Å²) in [6, 6.07) is 17.2. The standard InChI is InChI=1S/C46H62N8O9/c1-32-43-40(30-46(2,3)31-42(43)56)54(53-32)36-11-12-37(44(48)57)39(29-36)49-16-4-18-59-20-22-61-24-26-63-27-25-62-23-21-60-19-5-17-50-45(58)34-7-9-35(10-8-34)51-52-38-13-6-33(14-15-47)28-41(38)55/h6-13,28-29,49,55H,4-5,14-27,30-31,47H2,1-3H3,(H2,48,57)(H,50,58). The van der Waals surface area contributed by atoms with Crippen LogP contribution in [0.2, 0.25) is 0 Å². The van der Waals surface area contributed by atoms with E-state index in [1.165, 1.54) is 0 Å². The van der Waals surface area contributed by atoms with Crippen LogP contribution < -0.4 is 22.1 Å². The molecule has 1 heterocycles. The van der Waals surface area contributed by atoms with E-state index in [-0.39, 0.29) is 22.9 Å². The second kappa shape index (κ2) is 24.9. The number of nitrogens with one attached hydrogen (secondary N) is 2. The van der Waals surface area contributed by atoms with Crippen molar-refractivity contribution in [1.82, 2.24) is 15.1 Å². The lowest BCUT2D eigenvalue weighted by Crippen LogP contribution is -2.28. The van der Waals surface area contributed by atoms with E-state index in [1.54, 1.807) is 48.5 Å². The van der Waals surface area contributed by atoms with Crippen molar-refractivity contribution >= 4 is 34.7 Å². The minimum Gasteiger partial charge on any atom is -0.506 e. The maximum Gasteiger partial charge on any atom is 0.251 e. The highest BCUT2D eigenvalue weighted by molar-refractivity contribution is 6.00. The fourth-order valence-electron chi connectivity index (χ4n) is 7.00. The molecule has 63 heavy (non-hydrogen) atoms. The van der Waals surface area contributed by atoms with Crippen LogP contribution in [0.5, 0.6) is 5.75 Å². The number of Topliss-reactive ketones (excluding diaryl/α,β-unsaturated/α-hetero) is 1. The molecule has 17 heteroatoms. The Kier molecular flexibility index (Phi) is 19.2. The average Bonchev–Trinajstić information content (AvgIpc) is 3.58. The largest absolute Gasteiger partial charge is 0.506 e. The summed E-state index contributed by atoms with van der Waals surface area (Å²) in [5.41, 5.74) is 17.5. The number of azo groups is 1. The van der Waals surface area contributed by atoms with Crippen molar-refractivity contribution in [3.8, 4) is 11.4 Å². The first kappa shape index (κ1) is 48.5. The molecule has 3 aromatic carbocycles. The predicted octanol–water partition coefficient (Wildman–Crippen LogP) is 5.76. The van der Waals surface area contributed by atoms with E-state index >= 15 is 0 Å². The van der Waals surface area contributed by atoms with Crippen molar-refractivity contribution in [2.24, 2.45) is 27.1 Å². The van der Waals surface area contributed by atoms with E-state index in [4.69, 9.17) is 40.3 Å². The first-order valence-electron chi connectivity index (χ1n) is 21.5. The van der Waals surface area contributed by atoms with Gasteiger partial charge in [0.25, 0.3) is 11.8 Å². The quantitative estimate of drug-likeness (QED) is 0.0338. The summed E-state index contributed by atoms with van der Waals surface area (Å²) in [5.74, 6) is -0.577. The molecule has 0 saturated heterocycles.